The molecule has 2 bridgehead atoms. The second-order valence-corrected chi connectivity index (χ2v) is 13.3. The molecule has 11 nitrogen and oxygen atoms in total. The number of carboxylic acid groups (broad SMARTS) is 1. The van der Waals surface area contributed by atoms with Gasteiger partial charge in [0.1, 0.15) is 17.9 Å². The lowest BCUT2D eigenvalue weighted by molar-refractivity contribution is -0.182. The van der Waals surface area contributed by atoms with Crippen molar-refractivity contribution in [2.45, 2.75) is 75.9 Å². The number of hydroxylamine groups is 2. The quantitative estimate of drug-likeness (QED) is 0.233. The van der Waals surface area contributed by atoms with Gasteiger partial charge in [-0.1, -0.05) is 30.4 Å². The number of anilines is 1. The van der Waals surface area contributed by atoms with Crippen LogP contribution in [0, 0.1) is 17.8 Å². The molecule has 7 rings (SSSR count). The third-order valence-electron chi connectivity index (χ3n) is 10.5. The lowest BCUT2D eigenvalue weighted by atomic mass is 9.60. The fourth-order valence-corrected chi connectivity index (χ4v) is 8.14. The van der Waals surface area contributed by atoms with E-state index in [-0.39, 0.29) is 43.3 Å². The molecule has 3 aliphatic carbocycles. The zero-order valence-corrected chi connectivity index (χ0v) is 26.5. The molecule has 248 valence electrons. The molecule has 0 aromatic heterocycles. The Bertz CT molecular complexity index is 1470. The Morgan fingerprint density at radius 2 is 1.89 bits per heavy atom. The maximum absolute atomic E-state index is 13.9. The van der Waals surface area contributed by atoms with Gasteiger partial charge in [-0.25, -0.2) is 4.79 Å². The minimum absolute atomic E-state index is 0.0148. The van der Waals surface area contributed by atoms with Crippen molar-refractivity contribution in [2.24, 2.45) is 17.8 Å². The summed E-state index contributed by atoms with van der Waals surface area (Å²) in [6, 6.07) is 9.78. The Morgan fingerprint density at radius 3 is 2.52 bits per heavy atom. The van der Waals surface area contributed by atoms with Gasteiger partial charge in [0, 0.05) is 35.3 Å². The number of aromatic carboxylic acids is 1. The largest absolute Gasteiger partial charge is 0.496 e. The molecule has 5 fully saturated rings. The van der Waals surface area contributed by atoms with Gasteiger partial charge in [0.25, 0.3) is 0 Å². The molecular formula is C35H45N3O8. The zero-order valence-electron chi connectivity index (χ0n) is 26.5. The van der Waals surface area contributed by atoms with E-state index in [0.29, 0.717) is 46.5 Å². The van der Waals surface area contributed by atoms with Crippen molar-refractivity contribution < 1.29 is 39.6 Å². The van der Waals surface area contributed by atoms with E-state index >= 15 is 0 Å². The van der Waals surface area contributed by atoms with Crippen LogP contribution >= 0.6 is 0 Å². The number of para-hydroxylation sites is 1. The van der Waals surface area contributed by atoms with E-state index < -0.39 is 30.1 Å². The second kappa shape index (κ2) is 13.3. The van der Waals surface area contributed by atoms with Crippen molar-refractivity contribution in [1.29, 1.82) is 0 Å². The molecule has 2 aromatic carbocycles. The van der Waals surface area contributed by atoms with Gasteiger partial charge in [-0.05, 0) is 74.6 Å². The van der Waals surface area contributed by atoms with E-state index in [0.717, 1.165) is 32.1 Å². The molecule has 5 N–H and O–H groups in total. The molecular weight excluding hydrogens is 590 g/mol. The zero-order chi connectivity index (χ0) is 32.7. The Morgan fingerprint density at radius 1 is 1.13 bits per heavy atom. The van der Waals surface area contributed by atoms with Crippen LogP contribution in [0.4, 0.5) is 5.69 Å². The molecule has 1 amide bonds. The van der Waals surface area contributed by atoms with Crippen molar-refractivity contribution in [1.82, 2.24) is 10.4 Å². The van der Waals surface area contributed by atoms with Gasteiger partial charge < -0.3 is 35.4 Å². The first-order valence-electron chi connectivity index (χ1n) is 16.3. The van der Waals surface area contributed by atoms with E-state index in [1.807, 2.05) is 29.2 Å². The topological polar surface area (TPSA) is 152 Å². The molecule has 2 aliphatic heterocycles. The normalized spacial score (nSPS) is 29.8. The lowest BCUT2D eigenvalue weighted by Gasteiger charge is -2.48. The summed E-state index contributed by atoms with van der Waals surface area (Å²) in [4.78, 5) is 34.3. The predicted molar refractivity (Wildman–Crippen MR) is 171 cm³/mol. The van der Waals surface area contributed by atoms with Crippen molar-refractivity contribution in [3.8, 4) is 16.9 Å². The number of aliphatic hydroxyl groups is 3. The molecule has 0 spiro atoms. The average molecular weight is 636 g/mol. The van der Waals surface area contributed by atoms with Crippen molar-refractivity contribution in [3.63, 3.8) is 0 Å². The van der Waals surface area contributed by atoms with Crippen LogP contribution in [0.2, 0.25) is 0 Å². The van der Waals surface area contributed by atoms with Gasteiger partial charge >= 0.3 is 5.97 Å². The predicted octanol–water partition coefficient (Wildman–Crippen LogP) is 2.97. The number of benzene rings is 2. The van der Waals surface area contributed by atoms with E-state index in [1.165, 1.54) is 10.6 Å². The monoisotopic (exact) mass is 635 g/mol. The fraction of sp³-hybridized carbons (Fsp3) is 0.543. The minimum atomic E-state index is -1.06. The highest BCUT2D eigenvalue weighted by molar-refractivity contribution is 5.92. The summed E-state index contributed by atoms with van der Waals surface area (Å²) < 4.78 is 5.93. The highest BCUT2D eigenvalue weighted by atomic mass is 16.7. The number of carbonyl (C=O) groups is 2. The SMILES string of the molecule is C=C1C2C[C@@H](NC(=O)[C@@H]3[C@H]([C@H](C)O)[C@H](CO)ON3Cc3cccc(-c4cc(C(=O)O)cc(N5CCC[C@@H]5CO)c4)c3OC)C[C@H]1C2. The van der Waals surface area contributed by atoms with E-state index in [1.54, 1.807) is 26.2 Å². The summed E-state index contributed by atoms with van der Waals surface area (Å²) in [6.45, 7) is 6.24. The Hall–Kier alpha value is -3.48. The molecule has 1 unspecified atom stereocenters. The van der Waals surface area contributed by atoms with Crippen LogP contribution < -0.4 is 15.0 Å². The molecule has 11 heteroatoms. The van der Waals surface area contributed by atoms with Crippen LogP contribution in [0.1, 0.15) is 54.9 Å². The summed E-state index contributed by atoms with van der Waals surface area (Å²) >= 11 is 0. The molecule has 2 aromatic rings. The number of hydrogen-bond donors (Lipinski definition) is 5. The van der Waals surface area contributed by atoms with Crippen LogP contribution in [0.5, 0.6) is 5.75 Å². The Labute approximate surface area is 269 Å². The lowest BCUT2D eigenvalue weighted by Crippen LogP contribution is -2.54. The van der Waals surface area contributed by atoms with Gasteiger partial charge in [-0.3, -0.25) is 9.63 Å². The number of hydrogen-bond acceptors (Lipinski definition) is 9. The number of fused-ring (bicyclic) bond motifs is 2. The number of amides is 1. The van der Waals surface area contributed by atoms with E-state index in [2.05, 4.69) is 11.9 Å². The highest BCUT2D eigenvalue weighted by Gasteiger charge is 2.50. The third-order valence-corrected chi connectivity index (χ3v) is 10.5. The molecule has 5 aliphatic rings. The van der Waals surface area contributed by atoms with Crippen LogP contribution in [0.3, 0.4) is 0 Å². The standard InChI is InChI=1S/C35H45N3O8/c1-19-22-10-23(19)13-26(12-22)36-34(42)32-31(20(2)41)30(18-40)46-38(32)16-21-6-4-8-29(33(21)45-3)24-11-25(35(43)44)15-28(14-24)37-9-5-7-27(37)17-39/h4,6,8,11,14-15,20,22-23,26-27,30-32,39-41H,1,5,7,9-10,12-13,16-18H2,2-3H3,(H,36,42)(H,43,44)/t20-,22+,23?,26-,27+,30-,31+,32-/m0/s1. The average Bonchev–Trinajstić information content (AvgIpc) is 3.69. The van der Waals surface area contributed by atoms with Crippen LogP contribution in [0.25, 0.3) is 11.1 Å². The van der Waals surface area contributed by atoms with Crippen LogP contribution in [-0.4, -0.2) is 94.6 Å². The van der Waals surface area contributed by atoms with Gasteiger partial charge in [0.05, 0.1) is 44.6 Å². The molecule has 3 saturated carbocycles. The summed E-state index contributed by atoms with van der Waals surface area (Å²) in [5, 5.41) is 45.6. The van der Waals surface area contributed by atoms with Crippen molar-refractivity contribution in [3.05, 3.63) is 59.7 Å². The number of nitrogens with one attached hydrogen (secondary N) is 1. The van der Waals surface area contributed by atoms with Gasteiger partial charge in [-0.15, -0.1) is 0 Å². The molecule has 2 heterocycles. The van der Waals surface area contributed by atoms with Crippen molar-refractivity contribution >= 4 is 17.6 Å². The number of nitrogens with zero attached hydrogens (tertiary/aromatic N) is 2. The highest BCUT2D eigenvalue weighted by Crippen LogP contribution is 2.49. The van der Waals surface area contributed by atoms with Gasteiger partial charge in [0.2, 0.25) is 5.91 Å². The minimum Gasteiger partial charge on any atom is -0.496 e. The number of allylic oxidation sites excluding steroid dienone is 1. The number of carboxylic acids is 1. The summed E-state index contributed by atoms with van der Waals surface area (Å²) in [6.07, 6.45) is 2.85. The number of rotatable bonds is 11. The summed E-state index contributed by atoms with van der Waals surface area (Å²) in [7, 11) is 1.54. The van der Waals surface area contributed by atoms with Gasteiger partial charge in [-0.2, -0.15) is 5.06 Å². The summed E-state index contributed by atoms with van der Waals surface area (Å²) in [5.74, 6) is -0.615. The van der Waals surface area contributed by atoms with Crippen LogP contribution in [0.15, 0.2) is 48.6 Å². The number of ether oxygens (including phenoxy) is 1. The molecule has 0 radical (unpaired) electrons. The number of aliphatic hydroxyl groups excluding tert-OH is 3. The first-order valence-corrected chi connectivity index (χ1v) is 16.3. The van der Waals surface area contributed by atoms with E-state index in [9.17, 15) is 30.0 Å². The Kier molecular flexibility index (Phi) is 9.40. The Balaban J connectivity index is 1.31. The first kappa shape index (κ1) is 32.5. The van der Waals surface area contributed by atoms with Crippen molar-refractivity contribution in [2.75, 3.05) is 31.8 Å². The van der Waals surface area contributed by atoms with Crippen LogP contribution in [-0.2, 0) is 16.2 Å². The first-order chi connectivity index (χ1) is 22.1. The second-order valence-electron chi connectivity index (χ2n) is 13.3. The van der Waals surface area contributed by atoms with E-state index in [4.69, 9.17) is 9.57 Å². The third kappa shape index (κ3) is 6.02. The molecule has 8 atom stereocenters. The smallest absolute Gasteiger partial charge is 0.335 e. The maximum Gasteiger partial charge on any atom is 0.335 e. The number of carbonyl (C=O) groups excluding carboxylic acids is 1. The fourth-order valence-electron chi connectivity index (χ4n) is 8.14. The number of methoxy groups -OCH3 is 1. The van der Waals surface area contributed by atoms with Gasteiger partial charge in [0.15, 0.2) is 0 Å². The molecule has 46 heavy (non-hydrogen) atoms. The molecule has 2 saturated heterocycles. The summed E-state index contributed by atoms with van der Waals surface area (Å²) in [5.41, 5.74) is 4.11. The maximum atomic E-state index is 13.9.